The van der Waals surface area contributed by atoms with Gasteiger partial charge in [0.05, 0.1) is 6.61 Å². The molecule has 1 aromatic heterocycles. The Morgan fingerprint density at radius 1 is 1.26 bits per heavy atom. The fourth-order valence-corrected chi connectivity index (χ4v) is 3.11. The van der Waals surface area contributed by atoms with E-state index in [4.69, 9.17) is 9.47 Å². The van der Waals surface area contributed by atoms with Crippen molar-refractivity contribution in [2.24, 2.45) is 0 Å². The number of benzene rings is 1. The van der Waals surface area contributed by atoms with E-state index >= 15 is 0 Å². The third kappa shape index (κ3) is 4.36. The Balaban J connectivity index is 1.78. The number of aromatic nitrogens is 1. The quantitative estimate of drug-likeness (QED) is 0.806. The van der Waals surface area contributed by atoms with E-state index in [0.717, 1.165) is 5.56 Å². The van der Waals surface area contributed by atoms with Crippen LogP contribution in [0.2, 0.25) is 0 Å². The fraction of sp³-hybridized carbons (Fsp3) is 0.350. The van der Waals surface area contributed by atoms with Gasteiger partial charge in [0.2, 0.25) is 0 Å². The van der Waals surface area contributed by atoms with E-state index < -0.39 is 12.0 Å². The van der Waals surface area contributed by atoms with Crippen molar-refractivity contribution in [2.75, 3.05) is 13.2 Å². The van der Waals surface area contributed by atoms with E-state index in [0.29, 0.717) is 49.7 Å². The molecule has 3 rings (SSSR count). The van der Waals surface area contributed by atoms with Crippen molar-refractivity contribution in [3.05, 3.63) is 53.9 Å². The van der Waals surface area contributed by atoms with Crippen molar-refractivity contribution in [3.63, 3.8) is 0 Å². The molecule has 142 valence electrons. The Labute approximate surface area is 157 Å². The molecule has 0 spiro atoms. The van der Waals surface area contributed by atoms with Crippen molar-refractivity contribution in [2.45, 2.75) is 32.4 Å². The molecule has 1 aromatic carbocycles. The molecule has 1 saturated heterocycles. The minimum absolute atomic E-state index is 0.306. The van der Waals surface area contributed by atoms with Gasteiger partial charge in [0.25, 0.3) is 5.91 Å². The van der Waals surface area contributed by atoms with Crippen LogP contribution in [0, 0.1) is 0 Å². The maximum Gasteiger partial charge on any atom is 0.326 e. The van der Waals surface area contributed by atoms with Crippen LogP contribution >= 0.6 is 0 Å². The van der Waals surface area contributed by atoms with Crippen molar-refractivity contribution < 1.29 is 24.2 Å². The van der Waals surface area contributed by atoms with Gasteiger partial charge >= 0.3 is 5.97 Å². The number of rotatable bonds is 7. The molecule has 1 fully saturated rings. The van der Waals surface area contributed by atoms with Crippen LogP contribution < -0.4 is 9.47 Å². The lowest BCUT2D eigenvalue weighted by Gasteiger charge is -2.22. The smallest absolute Gasteiger partial charge is 0.326 e. The number of carboxylic acids is 1. The van der Waals surface area contributed by atoms with E-state index in [9.17, 15) is 14.7 Å². The summed E-state index contributed by atoms with van der Waals surface area (Å²) < 4.78 is 11.4. The highest BCUT2D eigenvalue weighted by Gasteiger charge is 2.34. The number of nitrogens with zero attached hydrogens (tertiary/aromatic N) is 2. The van der Waals surface area contributed by atoms with Crippen molar-refractivity contribution in [1.82, 2.24) is 9.88 Å². The predicted molar refractivity (Wildman–Crippen MR) is 97.9 cm³/mol. The van der Waals surface area contributed by atoms with Crippen LogP contribution in [0.25, 0.3) is 0 Å². The van der Waals surface area contributed by atoms with E-state index in [-0.39, 0.29) is 5.91 Å². The average Bonchev–Trinajstić information content (AvgIpc) is 3.17. The number of likely N-dealkylation sites (tertiary alicyclic amines) is 1. The molecule has 1 aliphatic heterocycles. The molecule has 7 nitrogen and oxygen atoms in total. The van der Waals surface area contributed by atoms with Crippen LogP contribution in [0.15, 0.2) is 42.7 Å². The van der Waals surface area contributed by atoms with Gasteiger partial charge < -0.3 is 19.5 Å². The minimum atomic E-state index is -0.970. The Morgan fingerprint density at radius 2 is 2.11 bits per heavy atom. The first-order valence-corrected chi connectivity index (χ1v) is 8.92. The molecule has 27 heavy (non-hydrogen) atoms. The van der Waals surface area contributed by atoms with Crippen molar-refractivity contribution in [3.8, 4) is 11.5 Å². The molecule has 1 N–H and O–H groups in total. The lowest BCUT2D eigenvalue weighted by Crippen LogP contribution is -2.40. The number of amides is 1. The first-order chi connectivity index (χ1) is 13.1. The zero-order chi connectivity index (χ0) is 19.2. The van der Waals surface area contributed by atoms with Gasteiger partial charge in [-0.25, -0.2) is 4.79 Å². The fourth-order valence-electron chi connectivity index (χ4n) is 3.11. The molecule has 0 radical (unpaired) electrons. The standard InChI is InChI=1S/C20H22N2O5/c1-2-26-18-11-15(19(23)22-10-4-6-16(22)20(24)25)7-8-17(18)27-13-14-5-3-9-21-12-14/h3,5,7-9,11-12,16H,2,4,6,10,13H2,1H3,(H,24,25). The maximum atomic E-state index is 12.8. The minimum Gasteiger partial charge on any atom is -0.490 e. The molecule has 2 heterocycles. The van der Waals surface area contributed by atoms with E-state index in [2.05, 4.69) is 4.98 Å². The average molecular weight is 370 g/mol. The summed E-state index contributed by atoms with van der Waals surface area (Å²) in [6.45, 7) is 3.04. The Bertz CT molecular complexity index is 809. The number of hydrogen-bond acceptors (Lipinski definition) is 5. The van der Waals surface area contributed by atoms with Gasteiger partial charge in [-0.1, -0.05) is 6.07 Å². The number of carboxylic acid groups (broad SMARTS) is 1. The monoisotopic (exact) mass is 370 g/mol. The molecular weight excluding hydrogens is 348 g/mol. The SMILES string of the molecule is CCOc1cc(C(=O)N2CCCC2C(=O)O)ccc1OCc1cccnc1. The summed E-state index contributed by atoms with van der Waals surface area (Å²) in [6.07, 6.45) is 4.58. The van der Waals surface area contributed by atoms with E-state index in [1.54, 1.807) is 30.6 Å². The summed E-state index contributed by atoms with van der Waals surface area (Å²) in [5.74, 6) is -0.297. The summed E-state index contributed by atoms with van der Waals surface area (Å²) in [5, 5.41) is 9.30. The van der Waals surface area contributed by atoms with Crippen LogP contribution in [0.5, 0.6) is 11.5 Å². The van der Waals surface area contributed by atoms with Crippen molar-refractivity contribution in [1.29, 1.82) is 0 Å². The molecule has 0 bridgehead atoms. The molecule has 7 heteroatoms. The summed E-state index contributed by atoms with van der Waals surface area (Å²) in [4.78, 5) is 29.6. The molecule has 2 aromatic rings. The van der Waals surface area contributed by atoms with Gasteiger partial charge in [-0.3, -0.25) is 9.78 Å². The zero-order valence-electron chi connectivity index (χ0n) is 15.1. The molecule has 1 amide bonds. The third-order valence-corrected chi connectivity index (χ3v) is 4.41. The lowest BCUT2D eigenvalue weighted by atomic mass is 10.1. The topological polar surface area (TPSA) is 89.0 Å². The van der Waals surface area contributed by atoms with Crippen LogP contribution in [0.4, 0.5) is 0 Å². The lowest BCUT2D eigenvalue weighted by molar-refractivity contribution is -0.141. The van der Waals surface area contributed by atoms with Gasteiger partial charge in [-0.05, 0) is 44.0 Å². The van der Waals surface area contributed by atoms with Crippen LogP contribution in [-0.2, 0) is 11.4 Å². The van der Waals surface area contributed by atoms with Gasteiger partial charge in [0, 0.05) is 30.1 Å². The van der Waals surface area contributed by atoms with E-state index in [1.807, 2.05) is 19.1 Å². The van der Waals surface area contributed by atoms with Crippen LogP contribution in [0.3, 0.4) is 0 Å². The first kappa shape index (κ1) is 18.7. The largest absolute Gasteiger partial charge is 0.490 e. The first-order valence-electron chi connectivity index (χ1n) is 8.92. The second-order valence-corrected chi connectivity index (χ2v) is 6.24. The van der Waals surface area contributed by atoms with Gasteiger partial charge in [0.1, 0.15) is 12.6 Å². The highest BCUT2D eigenvalue weighted by atomic mass is 16.5. The molecule has 1 atom stereocenters. The molecule has 1 unspecified atom stereocenters. The number of carbonyl (C=O) groups is 2. The second-order valence-electron chi connectivity index (χ2n) is 6.24. The summed E-state index contributed by atoms with van der Waals surface area (Å²) in [7, 11) is 0. The summed E-state index contributed by atoms with van der Waals surface area (Å²) >= 11 is 0. The summed E-state index contributed by atoms with van der Waals surface area (Å²) in [5.41, 5.74) is 1.31. The Morgan fingerprint density at radius 3 is 2.81 bits per heavy atom. The zero-order valence-corrected chi connectivity index (χ0v) is 15.1. The van der Waals surface area contributed by atoms with Gasteiger partial charge in [-0.15, -0.1) is 0 Å². The number of aliphatic carboxylic acids is 1. The highest BCUT2D eigenvalue weighted by Crippen LogP contribution is 2.31. The molecule has 0 aliphatic carbocycles. The van der Waals surface area contributed by atoms with Crippen LogP contribution in [-0.4, -0.2) is 46.1 Å². The Hall–Kier alpha value is -3.09. The number of hydrogen-bond donors (Lipinski definition) is 1. The third-order valence-electron chi connectivity index (χ3n) is 4.41. The normalized spacial score (nSPS) is 16.2. The highest BCUT2D eigenvalue weighted by molar-refractivity contribution is 5.97. The van der Waals surface area contributed by atoms with Gasteiger partial charge in [-0.2, -0.15) is 0 Å². The molecular formula is C20H22N2O5. The van der Waals surface area contributed by atoms with Gasteiger partial charge in [0.15, 0.2) is 11.5 Å². The Kier molecular flexibility index (Phi) is 5.90. The predicted octanol–water partition coefficient (Wildman–Crippen LogP) is 2.75. The summed E-state index contributed by atoms with van der Waals surface area (Å²) in [6, 6.07) is 7.90. The van der Waals surface area contributed by atoms with E-state index in [1.165, 1.54) is 4.90 Å². The maximum absolute atomic E-state index is 12.8. The molecule has 1 aliphatic rings. The molecule has 0 saturated carbocycles. The number of carbonyl (C=O) groups excluding carboxylic acids is 1. The number of pyridine rings is 1. The number of ether oxygens (including phenoxy) is 2. The van der Waals surface area contributed by atoms with Crippen molar-refractivity contribution >= 4 is 11.9 Å². The van der Waals surface area contributed by atoms with Crippen LogP contribution in [0.1, 0.15) is 35.7 Å². The second kappa shape index (κ2) is 8.53.